The summed E-state index contributed by atoms with van der Waals surface area (Å²) in [5, 5.41) is -2.15. The molecule has 0 fully saturated rings. The van der Waals surface area contributed by atoms with Gasteiger partial charge in [0.05, 0.1) is 23.0 Å². The van der Waals surface area contributed by atoms with E-state index in [-0.39, 0.29) is 39.2 Å². The smallest absolute Gasteiger partial charge is 0.307 e. The minimum absolute atomic E-state index is 0.0427. The Balaban J connectivity index is 2.05. The normalized spacial score (nSPS) is 17.1. The highest BCUT2D eigenvalue weighted by molar-refractivity contribution is 7.96. The van der Waals surface area contributed by atoms with Crippen molar-refractivity contribution in [3.8, 4) is 0 Å². The summed E-state index contributed by atoms with van der Waals surface area (Å²) in [6.45, 7) is 3.85. The number of sulfone groups is 1. The van der Waals surface area contributed by atoms with Crippen molar-refractivity contribution >= 4 is 44.8 Å². The Morgan fingerprint density at radius 3 is 1.89 bits per heavy atom. The molecule has 4 rings (SSSR count). The first-order valence-electron chi connectivity index (χ1n) is 14.8. The van der Waals surface area contributed by atoms with Crippen LogP contribution in [0.5, 0.6) is 0 Å². The molecular weight excluding hydrogens is 657 g/mol. The SMILES string of the molecule is CCCCCOP(=O)(OCCCCC)C1(NS(=O)(=O)c2ccccc2)C=C(S(=O)(=O)c2ccc(Cl)cc2)C(=O)c2ccccc21. The minimum Gasteiger partial charge on any atom is -0.307 e. The Morgan fingerprint density at radius 1 is 0.756 bits per heavy atom. The van der Waals surface area contributed by atoms with Gasteiger partial charge in [-0.2, -0.15) is 4.72 Å². The van der Waals surface area contributed by atoms with Crippen molar-refractivity contribution in [3.63, 3.8) is 0 Å². The van der Waals surface area contributed by atoms with Crippen LogP contribution in [0.1, 0.15) is 68.3 Å². The fourth-order valence-electron chi connectivity index (χ4n) is 4.96. The molecule has 0 radical (unpaired) electrons. The van der Waals surface area contributed by atoms with Crippen LogP contribution in [0, 0.1) is 0 Å². The van der Waals surface area contributed by atoms with Crippen LogP contribution in [0.25, 0.3) is 0 Å². The second-order valence-corrected chi connectivity index (χ2v) is 16.9. The van der Waals surface area contributed by atoms with Crippen molar-refractivity contribution in [1.82, 2.24) is 4.72 Å². The summed E-state index contributed by atoms with van der Waals surface area (Å²) in [4.78, 5) is 12.7. The van der Waals surface area contributed by atoms with E-state index >= 15 is 4.57 Å². The number of halogens is 1. The van der Waals surface area contributed by atoms with Crippen LogP contribution < -0.4 is 4.72 Å². The first-order chi connectivity index (χ1) is 21.4. The Hall–Kier alpha value is -2.63. The molecule has 0 heterocycles. The van der Waals surface area contributed by atoms with Crippen molar-refractivity contribution in [2.24, 2.45) is 0 Å². The maximum Gasteiger partial charge on any atom is 0.360 e. The summed E-state index contributed by atoms with van der Waals surface area (Å²) >= 11 is 6.00. The molecule has 1 aliphatic rings. The number of Topliss-reactive ketones (excluding diaryl/α,β-unsaturated/α-hetero) is 1. The number of sulfonamides is 1. The first kappa shape index (κ1) is 35.2. The second kappa shape index (κ2) is 14.9. The van der Waals surface area contributed by atoms with Crippen molar-refractivity contribution in [2.45, 2.75) is 67.4 Å². The lowest BCUT2D eigenvalue weighted by atomic mass is 9.92. The number of carbonyl (C=O) groups excluding carboxylic acids is 1. The van der Waals surface area contributed by atoms with Gasteiger partial charge in [-0.05, 0) is 55.3 Å². The lowest BCUT2D eigenvalue weighted by Gasteiger charge is -2.40. The molecule has 0 bridgehead atoms. The molecule has 1 aliphatic carbocycles. The quantitative estimate of drug-likeness (QED) is 0.120. The summed E-state index contributed by atoms with van der Waals surface area (Å²) in [5.41, 5.74) is -0.197. The molecule has 0 spiro atoms. The van der Waals surface area contributed by atoms with Crippen LogP contribution in [0.4, 0.5) is 0 Å². The molecule has 242 valence electrons. The lowest BCUT2D eigenvalue weighted by Crippen LogP contribution is -2.48. The zero-order valence-corrected chi connectivity index (χ0v) is 28.4. The van der Waals surface area contributed by atoms with Gasteiger partial charge in [0.25, 0.3) is 0 Å². The third kappa shape index (κ3) is 7.52. The van der Waals surface area contributed by atoms with Crippen LogP contribution in [0.2, 0.25) is 5.02 Å². The van der Waals surface area contributed by atoms with Crippen molar-refractivity contribution < 1.29 is 35.2 Å². The van der Waals surface area contributed by atoms with Crippen LogP contribution >= 0.6 is 19.2 Å². The molecule has 1 unspecified atom stereocenters. The van der Waals surface area contributed by atoms with Crippen LogP contribution in [-0.4, -0.2) is 35.8 Å². The summed E-state index contributed by atoms with van der Waals surface area (Å²) in [6, 6.07) is 18.4. The zero-order valence-electron chi connectivity index (χ0n) is 25.1. The molecule has 1 atom stereocenters. The fraction of sp³-hybridized carbons (Fsp3) is 0.344. The highest BCUT2D eigenvalue weighted by Gasteiger charge is 2.58. The first-order valence-corrected chi connectivity index (χ1v) is 19.7. The number of rotatable bonds is 16. The predicted molar refractivity (Wildman–Crippen MR) is 174 cm³/mol. The summed E-state index contributed by atoms with van der Waals surface area (Å²) in [7, 11) is -13.8. The number of ketones is 1. The van der Waals surface area contributed by atoms with Crippen LogP contribution in [0.15, 0.2) is 99.6 Å². The molecule has 9 nitrogen and oxygen atoms in total. The lowest BCUT2D eigenvalue weighted by molar-refractivity contribution is 0.103. The maximum atomic E-state index is 15.3. The summed E-state index contributed by atoms with van der Waals surface area (Å²) in [5.74, 6) is -0.890. The average molecular weight is 694 g/mol. The highest BCUT2D eigenvalue weighted by Crippen LogP contribution is 2.67. The largest absolute Gasteiger partial charge is 0.360 e. The van der Waals surface area contributed by atoms with E-state index in [0.717, 1.165) is 31.8 Å². The minimum atomic E-state index is -4.69. The molecule has 3 aromatic rings. The van der Waals surface area contributed by atoms with E-state index < -0.39 is 43.4 Å². The van der Waals surface area contributed by atoms with E-state index in [1.807, 2.05) is 13.8 Å². The fourth-order valence-corrected chi connectivity index (χ4v) is 10.6. The molecule has 0 saturated carbocycles. The molecule has 0 aromatic heterocycles. The maximum absolute atomic E-state index is 15.3. The Morgan fingerprint density at radius 2 is 1.31 bits per heavy atom. The molecular formula is C32H37ClNO8PS2. The van der Waals surface area contributed by atoms with Gasteiger partial charge < -0.3 is 9.05 Å². The van der Waals surface area contributed by atoms with Crippen molar-refractivity contribution in [2.75, 3.05) is 13.2 Å². The number of nitrogens with one attached hydrogen (secondary N) is 1. The second-order valence-electron chi connectivity index (χ2n) is 10.6. The molecule has 0 saturated heterocycles. The highest BCUT2D eigenvalue weighted by atomic mass is 35.5. The number of fused-ring (bicyclic) bond motifs is 1. The van der Waals surface area contributed by atoms with Crippen molar-refractivity contribution in [3.05, 3.63) is 106 Å². The molecule has 45 heavy (non-hydrogen) atoms. The van der Waals surface area contributed by atoms with E-state index in [1.165, 1.54) is 66.7 Å². The summed E-state index contributed by atoms with van der Waals surface area (Å²) in [6.07, 6.45) is 5.01. The van der Waals surface area contributed by atoms with Gasteiger partial charge in [-0.3, -0.25) is 9.36 Å². The summed E-state index contributed by atoms with van der Waals surface area (Å²) < 4.78 is 86.2. The molecule has 13 heteroatoms. The van der Waals surface area contributed by atoms with Gasteiger partial charge in [-0.25, -0.2) is 16.8 Å². The van der Waals surface area contributed by atoms with E-state index in [9.17, 15) is 21.6 Å². The van der Waals surface area contributed by atoms with E-state index in [2.05, 4.69) is 4.72 Å². The van der Waals surface area contributed by atoms with Gasteiger partial charge >= 0.3 is 7.60 Å². The van der Waals surface area contributed by atoms with E-state index in [1.54, 1.807) is 12.1 Å². The Kier molecular flexibility index (Phi) is 11.6. The molecule has 1 N–H and O–H groups in total. The standard InChI is InChI=1S/C32H37ClNO8PS2/c1-3-5-12-22-41-43(36,42-23-13-6-4-2)32(34-45(39,40)27-14-8-7-9-15-27)24-30(31(35)28-16-10-11-17-29(28)32)44(37,38)26-20-18-25(33)19-21-26/h7-11,14-21,24,34H,3-6,12-13,22-23H2,1-2H3. The van der Waals surface area contributed by atoms with Gasteiger partial charge in [0.2, 0.25) is 25.6 Å². The zero-order chi connectivity index (χ0) is 32.7. The number of hydrogen-bond donors (Lipinski definition) is 1. The van der Waals surface area contributed by atoms with Crippen LogP contribution in [-0.2, 0) is 38.8 Å². The van der Waals surface area contributed by atoms with Gasteiger partial charge in [0.1, 0.15) is 4.91 Å². The van der Waals surface area contributed by atoms with Gasteiger partial charge in [-0.15, -0.1) is 0 Å². The number of hydrogen-bond acceptors (Lipinski definition) is 8. The monoisotopic (exact) mass is 693 g/mol. The molecule has 0 aliphatic heterocycles. The predicted octanol–water partition coefficient (Wildman–Crippen LogP) is 7.63. The molecule has 0 amide bonds. The van der Waals surface area contributed by atoms with Gasteiger partial charge in [0, 0.05) is 16.1 Å². The number of benzene rings is 3. The van der Waals surface area contributed by atoms with E-state index in [0.29, 0.717) is 12.8 Å². The third-order valence-corrected chi connectivity index (χ3v) is 13.4. The van der Waals surface area contributed by atoms with Gasteiger partial charge in [-0.1, -0.05) is 93.6 Å². The van der Waals surface area contributed by atoms with Crippen molar-refractivity contribution in [1.29, 1.82) is 0 Å². The number of unbranched alkanes of at least 4 members (excludes halogenated alkanes) is 4. The van der Waals surface area contributed by atoms with Crippen LogP contribution in [0.3, 0.4) is 0 Å². The van der Waals surface area contributed by atoms with Gasteiger partial charge in [0.15, 0.2) is 5.28 Å². The topological polar surface area (TPSA) is 133 Å². The Labute approximate surface area is 270 Å². The average Bonchev–Trinajstić information content (AvgIpc) is 3.03. The number of carbonyl (C=O) groups is 1. The van der Waals surface area contributed by atoms with E-state index in [4.69, 9.17) is 20.6 Å². The number of allylic oxidation sites excluding steroid dienone is 1. The molecule has 3 aromatic carbocycles. The Bertz CT molecular complexity index is 1780. The third-order valence-electron chi connectivity index (χ3n) is 7.35.